The zero-order valence-corrected chi connectivity index (χ0v) is 14.9. The van der Waals surface area contributed by atoms with Gasteiger partial charge in [0.05, 0.1) is 17.6 Å². The molecule has 0 spiro atoms. The summed E-state index contributed by atoms with van der Waals surface area (Å²) in [5.74, 6) is 0.522. The molecule has 0 saturated carbocycles. The van der Waals surface area contributed by atoms with E-state index in [1.807, 2.05) is 35.2 Å². The third-order valence-electron chi connectivity index (χ3n) is 3.40. The fraction of sp³-hybridized carbons (Fsp3) is 0.133. The number of halogens is 3. The number of nitrogens with zero attached hydrogens (tertiary/aromatic N) is 2. The molecule has 0 aromatic heterocycles. The van der Waals surface area contributed by atoms with Crippen molar-refractivity contribution in [2.45, 2.75) is 6.04 Å². The second kappa shape index (κ2) is 5.99. The average Bonchev–Trinajstić information content (AvgIpc) is 2.84. The summed E-state index contributed by atoms with van der Waals surface area (Å²) in [5.41, 5.74) is 8.21. The molecule has 3 nitrogen and oxygen atoms in total. The third kappa shape index (κ3) is 2.96. The van der Waals surface area contributed by atoms with Gasteiger partial charge in [-0.2, -0.15) is 0 Å². The zero-order chi connectivity index (χ0) is 15.0. The minimum Gasteiger partial charge on any atom is -0.369 e. The number of nitrogens with two attached hydrogens (primary N) is 1. The van der Waals surface area contributed by atoms with Crippen molar-refractivity contribution in [3.8, 4) is 0 Å². The van der Waals surface area contributed by atoms with Crippen molar-refractivity contribution in [1.82, 2.24) is 0 Å². The van der Waals surface area contributed by atoms with Crippen LogP contribution in [-0.4, -0.2) is 12.5 Å². The number of guanidine groups is 1. The Kier molecular flexibility index (Phi) is 4.24. The minimum atomic E-state index is 0.0931. The quantitative estimate of drug-likeness (QED) is 0.749. The van der Waals surface area contributed by atoms with Crippen LogP contribution in [0.15, 0.2) is 56.4 Å². The van der Waals surface area contributed by atoms with Crippen LogP contribution in [0.4, 0.5) is 5.69 Å². The Balaban J connectivity index is 2.01. The lowest BCUT2D eigenvalue weighted by Crippen LogP contribution is -2.36. The first-order valence-electron chi connectivity index (χ1n) is 6.36. The highest BCUT2D eigenvalue weighted by atomic mass is 79.9. The molecule has 0 saturated heterocycles. The van der Waals surface area contributed by atoms with Gasteiger partial charge in [0.1, 0.15) is 0 Å². The summed E-state index contributed by atoms with van der Waals surface area (Å²) in [7, 11) is 0. The Morgan fingerprint density at radius 2 is 2.00 bits per heavy atom. The molecule has 108 valence electrons. The molecule has 1 aliphatic heterocycles. The molecule has 0 amide bonds. The molecule has 1 unspecified atom stereocenters. The van der Waals surface area contributed by atoms with Crippen molar-refractivity contribution >= 4 is 55.1 Å². The first-order valence-corrected chi connectivity index (χ1v) is 8.32. The molecule has 1 heterocycles. The van der Waals surface area contributed by atoms with Gasteiger partial charge in [-0.15, -0.1) is 0 Å². The van der Waals surface area contributed by atoms with Gasteiger partial charge in [0.15, 0.2) is 5.96 Å². The summed E-state index contributed by atoms with van der Waals surface area (Å²) >= 11 is 13.0. The highest BCUT2D eigenvalue weighted by molar-refractivity contribution is 9.10. The van der Waals surface area contributed by atoms with Gasteiger partial charge in [-0.05, 0) is 51.8 Å². The number of hydrogen-bond donors (Lipinski definition) is 1. The first-order chi connectivity index (χ1) is 10.1. The molecule has 0 radical (unpaired) electrons. The van der Waals surface area contributed by atoms with E-state index in [9.17, 15) is 0 Å². The van der Waals surface area contributed by atoms with Crippen LogP contribution in [-0.2, 0) is 0 Å². The Morgan fingerprint density at radius 3 is 2.71 bits per heavy atom. The lowest BCUT2D eigenvalue weighted by atomic mass is 10.1. The smallest absolute Gasteiger partial charge is 0.196 e. The summed E-state index contributed by atoms with van der Waals surface area (Å²) < 4.78 is 1.89. The molecule has 0 bridgehead atoms. The summed E-state index contributed by atoms with van der Waals surface area (Å²) in [5, 5.41) is 0.674. The molecule has 2 N–H and O–H groups in total. The molecule has 21 heavy (non-hydrogen) atoms. The van der Waals surface area contributed by atoms with Crippen molar-refractivity contribution in [1.29, 1.82) is 0 Å². The van der Waals surface area contributed by atoms with Crippen LogP contribution in [0.1, 0.15) is 11.6 Å². The maximum absolute atomic E-state index is 6.08. The number of aliphatic imine (C=N–C) groups is 1. The van der Waals surface area contributed by atoms with E-state index in [1.165, 1.54) is 5.56 Å². The van der Waals surface area contributed by atoms with Gasteiger partial charge in [0, 0.05) is 14.6 Å². The van der Waals surface area contributed by atoms with Gasteiger partial charge in [-0.25, -0.2) is 0 Å². The van der Waals surface area contributed by atoms with Gasteiger partial charge in [0.25, 0.3) is 0 Å². The summed E-state index contributed by atoms with van der Waals surface area (Å²) in [6.07, 6.45) is 0. The van der Waals surface area contributed by atoms with Crippen LogP contribution >= 0.6 is 43.5 Å². The second-order valence-electron chi connectivity index (χ2n) is 4.74. The van der Waals surface area contributed by atoms with Gasteiger partial charge in [-0.3, -0.25) is 4.99 Å². The Morgan fingerprint density at radius 1 is 1.19 bits per heavy atom. The number of rotatable bonds is 2. The van der Waals surface area contributed by atoms with Gasteiger partial charge >= 0.3 is 0 Å². The number of hydrogen-bond acceptors (Lipinski definition) is 3. The maximum atomic E-state index is 6.08. The molecule has 6 heteroatoms. The topological polar surface area (TPSA) is 41.6 Å². The zero-order valence-electron chi connectivity index (χ0n) is 10.9. The van der Waals surface area contributed by atoms with Crippen molar-refractivity contribution < 1.29 is 0 Å². The van der Waals surface area contributed by atoms with E-state index in [0.717, 1.165) is 14.6 Å². The van der Waals surface area contributed by atoms with Crippen molar-refractivity contribution in [3.63, 3.8) is 0 Å². The summed E-state index contributed by atoms with van der Waals surface area (Å²) in [6, 6.07) is 14.1. The normalized spacial score (nSPS) is 18.0. The van der Waals surface area contributed by atoms with Crippen molar-refractivity contribution in [2.24, 2.45) is 10.7 Å². The monoisotopic (exact) mass is 427 g/mol. The molecule has 0 fully saturated rings. The van der Waals surface area contributed by atoms with Gasteiger partial charge in [-0.1, -0.05) is 39.7 Å². The lowest BCUT2D eigenvalue weighted by Gasteiger charge is -2.27. The Labute approximate surface area is 145 Å². The molecule has 2 aromatic rings. The van der Waals surface area contributed by atoms with Gasteiger partial charge in [0.2, 0.25) is 0 Å². The predicted octanol–water partition coefficient (Wildman–Crippen LogP) is 4.74. The molecule has 2 aromatic carbocycles. The van der Waals surface area contributed by atoms with Crippen molar-refractivity contribution in [3.05, 3.63) is 62.0 Å². The maximum Gasteiger partial charge on any atom is 0.196 e. The summed E-state index contributed by atoms with van der Waals surface area (Å²) in [6.45, 7) is 0.641. The lowest BCUT2D eigenvalue weighted by molar-refractivity contribution is 0.768. The number of anilines is 1. The average molecular weight is 430 g/mol. The third-order valence-corrected chi connectivity index (χ3v) is 5.11. The van der Waals surface area contributed by atoms with E-state index in [4.69, 9.17) is 17.3 Å². The van der Waals surface area contributed by atoms with Crippen LogP contribution < -0.4 is 10.6 Å². The molecule has 0 aliphatic carbocycles. The number of benzene rings is 2. The molecular formula is C15H12Br2ClN3. The van der Waals surface area contributed by atoms with Crippen LogP contribution in [0.5, 0.6) is 0 Å². The molecular weight excluding hydrogens is 417 g/mol. The van der Waals surface area contributed by atoms with Crippen molar-refractivity contribution in [2.75, 3.05) is 11.4 Å². The second-order valence-corrected chi connectivity index (χ2v) is 6.92. The Hall–Kier alpha value is -1.04. The highest BCUT2D eigenvalue weighted by Gasteiger charge is 2.29. The van der Waals surface area contributed by atoms with Crippen LogP contribution in [0.3, 0.4) is 0 Å². The molecule has 1 atom stereocenters. The highest BCUT2D eigenvalue weighted by Crippen LogP contribution is 2.35. The fourth-order valence-electron chi connectivity index (χ4n) is 2.41. The van der Waals surface area contributed by atoms with E-state index in [2.05, 4.69) is 49.0 Å². The van der Waals surface area contributed by atoms with E-state index in [-0.39, 0.29) is 6.04 Å². The predicted molar refractivity (Wildman–Crippen MR) is 95.0 cm³/mol. The van der Waals surface area contributed by atoms with E-state index >= 15 is 0 Å². The van der Waals surface area contributed by atoms with Crippen LogP contribution in [0.2, 0.25) is 5.02 Å². The standard InChI is InChI=1S/C15H12Br2ClN3/c16-10-3-1-2-9(6-10)14-8-20-15(19)21(14)11-4-5-13(18)12(17)7-11/h1-7,14H,8H2,(H2,19,20). The molecule has 3 rings (SSSR count). The van der Waals surface area contributed by atoms with E-state index < -0.39 is 0 Å². The van der Waals surface area contributed by atoms with Crippen LogP contribution in [0.25, 0.3) is 0 Å². The van der Waals surface area contributed by atoms with Gasteiger partial charge < -0.3 is 10.6 Å². The first kappa shape index (κ1) is 14.9. The van der Waals surface area contributed by atoms with E-state index in [1.54, 1.807) is 0 Å². The van der Waals surface area contributed by atoms with Crippen LogP contribution in [0, 0.1) is 0 Å². The fourth-order valence-corrected chi connectivity index (χ4v) is 3.31. The SMILES string of the molecule is NC1=NCC(c2cccc(Br)c2)N1c1ccc(Cl)c(Br)c1. The minimum absolute atomic E-state index is 0.0931. The van der Waals surface area contributed by atoms with E-state index in [0.29, 0.717) is 17.5 Å². The molecule has 1 aliphatic rings. The summed E-state index contributed by atoms with van der Waals surface area (Å²) in [4.78, 5) is 6.42. The Bertz CT molecular complexity index is 718. The largest absolute Gasteiger partial charge is 0.369 e.